The van der Waals surface area contributed by atoms with Gasteiger partial charge in [-0.25, -0.2) is 9.67 Å². The predicted molar refractivity (Wildman–Crippen MR) is 51.0 cm³/mol. The SMILES string of the molecule is CC(C)n1ncnc1CCCC(=O)O. The smallest absolute Gasteiger partial charge is 0.303 e. The maximum atomic E-state index is 10.3. The number of hydrogen-bond donors (Lipinski definition) is 1. The Labute approximate surface area is 82.8 Å². The Morgan fingerprint density at radius 2 is 2.36 bits per heavy atom. The van der Waals surface area contributed by atoms with Gasteiger partial charge in [-0.15, -0.1) is 0 Å². The first-order valence-corrected chi connectivity index (χ1v) is 4.71. The highest BCUT2D eigenvalue weighted by Crippen LogP contribution is 2.07. The van der Waals surface area contributed by atoms with Gasteiger partial charge in [0.15, 0.2) is 0 Å². The Hall–Kier alpha value is -1.39. The van der Waals surface area contributed by atoms with E-state index >= 15 is 0 Å². The second kappa shape index (κ2) is 4.74. The molecule has 5 nitrogen and oxygen atoms in total. The predicted octanol–water partition coefficient (Wildman–Crippen LogP) is 1.27. The summed E-state index contributed by atoms with van der Waals surface area (Å²) < 4.78 is 1.82. The van der Waals surface area contributed by atoms with E-state index in [-0.39, 0.29) is 12.5 Å². The van der Waals surface area contributed by atoms with Crippen molar-refractivity contribution in [2.24, 2.45) is 0 Å². The lowest BCUT2D eigenvalue weighted by Crippen LogP contribution is -2.08. The van der Waals surface area contributed by atoms with Crippen molar-refractivity contribution in [1.82, 2.24) is 14.8 Å². The van der Waals surface area contributed by atoms with Gasteiger partial charge in [-0.2, -0.15) is 5.10 Å². The molecule has 0 aromatic carbocycles. The van der Waals surface area contributed by atoms with Crippen LogP contribution in [0.4, 0.5) is 0 Å². The van der Waals surface area contributed by atoms with E-state index in [9.17, 15) is 4.79 Å². The summed E-state index contributed by atoms with van der Waals surface area (Å²) in [6.07, 6.45) is 2.98. The van der Waals surface area contributed by atoms with Crippen LogP contribution in [-0.4, -0.2) is 25.8 Å². The van der Waals surface area contributed by atoms with Gasteiger partial charge in [0.05, 0.1) is 0 Å². The molecule has 0 saturated carbocycles. The van der Waals surface area contributed by atoms with Gasteiger partial charge in [-0.3, -0.25) is 4.79 Å². The molecule has 1 heterocycles. The lowest BCUT2D eigenvalue weighted by Gasteiger charge is -2.08. The normalized spacial score (nSPS) is 10.8. The second-order valence-corrected chi connectivity index (χ2v) is 3.46. The number of carboxylic acid groups (broad SMARTS) is 1. The fourth-order valence-electron chi connectivity index (χ4n) is 1.28. The van der Waals surface area contributed by atoms with Crippen molar-refractivity contribution in [3.05, 3.63) is 12.2 Å². The topological polar surface area (TPSA) is 68.0 Å². The largest absolute Gasteiger partial charge is 0.481 e. The molecule has 0 bridgehead atoms. The molecule has 1 rings (SSSR count). The number of rotatable bonds is 5. The Kier molecular flexibility index (Phi) is 3.62. The molecule has 14 heavy (non-hydrogen) atoms. The van der Waals surface area contributed by atoms with Crippen molar-refractivity contribution in [3.63, 3.8) is 0 Å². The van der Waals surface area contributed by atoms with Crippen LogP contribution in [0.2, 0.25) is 0 Å². The number of carbonyl (C=O) groups is 1. The van der Waals surface area contributed by atoms with Crippen molar-refractivity contribution in [2.45, 2.75) is 39.2 Å². The summed E-state index contributed by atoms with van der Waals surface area (Å²) in [5.41, 5.74) is 0. The highest BCUT2D eigenvalue weighted by atomic mass is 16.4. The van der Waals surface area contributed by atoms with Crippen LogP contribution in [0.3, 0.4) is 0 Å². The van der Waals surface area contributed by atoms with Crippen molar-refractivity contribution in [3.8, 4) is 0 Å². The fraction of sp³-hybridized carbons (Fsp3) is 0.667. The minimum atomic E-state index is -0.763. The Morgan fingerprint density at radius 1 is 1.64 bits per heavy atom. The molecule has 0 aliphatic heterocycles. The summed E-state index contributed by atoms with van der Waals surface area (Å²) in [6, 6.07) is 0.275. The van der Waals surface area contributed by atoms with Gasteiger partial charge in [0.1, 0.15) is 12.2 Å². The summed E-state index contributed by atoms with van der Waals surface area (Å²) in [5, 5.41) is 12.5. The van der Waals surface area contributed by atoms with Gasteiger partial charge in [-0.1, -0.05) is 0 Å². The van der Waals surface area contributed by atoms with E-state index in [1.807, 2.05) is 18.5 Å². The van der Waals surface area contributed by atoms with E-state index in [4.69, 9.17) is 5.11 Å². The molecule has 1 aromatic heterocycles. The first-order chi connectivity index (χ1) is 6.61. The molecule has 78 valence electrons. The molecule has 0 atom stereocenters. The summed E-state index contributed by atoms with van der Waals surface area (Å²) in [5.74, 6) is 0.0989. The Bertz CT molecular complexity index is 307. The zero-order chi connectivity index (χ0) is 10.6. The average Bonchev–Trinajstić information content (AvgIpc) is 2.51. The van der Waals surface area contributed by atoms with Gasteiger partial charge in [0.25, 0.3) is 0 Å². The van der Waals surface area contributed by atoms with Crippen molar-refractivity contribution < 1.29 is 9.90 Å². The molecule has 0 spiro atoms. The maximum absolute atomic E-state index is 10.3. The van der Waals surface area contributed by atoms with Crippen LogP contribution >= 0.6 is 0 Å². The van der Waals surface area contributed by atoms with E-state index in [1.165, 1.54) is 6.33 Å². The van der Waals surface area contributed by atoms with Crippen molar-refractivity contribution in [2.75, 3.05) is 0 Å². The van der Waals surface area contributed by atoms with Gasteiger partial charge in [0, 0.05) is 18.9 Å². The summed E-state index contributed by atoms with van der Waals surface area (Å²) in [7, 11) is 0. The molecule has 0 saturated heterocycles. The van der Waals surface area contributed by atoms with Crippen LogP contribution < -0.4 is 0 Å². The Morgan fingerprint density at radius 3 is 2.93 bits per heavy atom. The molecule has 1 aromatic rings. The summed E-state index contributed by atoms with van der Waals surface area (Å²) in [6.45, 7) is 4.05. The Balaban J connectivity index is 2.50. The number of hydrogen-bond acceptors (Lipinski definition) is 3. The zero-order valence-electron chi connectivity index (χ0n) is 8.47. The third-order valence-corrected chi connectivity index (χ3v) is 1.93. The van der Waals surface area contributed by atoms with Gasteiger partial charge < -0.3 is 5.11 Å². The highest BCUT2D eigenvalue weighted by molar-refractivity contribution is 5.66. The molecule has 0 radical (unpaired) electrons. The molecule has 5 heteroatoms. The van der Waals surface area contributed by atoms with Gasteiger partial charge >= 0.3 is 5.97 Å². The number of nitrogens with zero attached hydrogens (tertiary/aromatic N) is 3. The number of carboxylic acids is 1. The first-order valence-electron chi connectivity index (χ1n) is 4.71. The second-order valence-electron chi connectivity index (χ2n) is 3.46. The molecule has 0 fully saturated rings. The van der Waals surface area contributed by atoms with Crippen LogP contribution in [0.5, 0.6) is 0 Å². The van der Waals surface area contributed by atoms with Crippen molar-refractivity contribution in [1.29, 1.82) is 0 Å². The molecule has 1 N–H and O–H groups in total. The lowest BCUT2D eigenvalue weighted by molar-refractivity contribution is -0.137. The van der Waals surface area contributed by atoms with E-state index in [1.54, 1.807) is 0 Å². The zero-order valence-corrected chi connectivity index (χ0v) is 8.47. The molecule has 0 amide bonds. The standard InChI is InChI=1S/C9H15N3O2/c1-7(2)12-8(10-6-11-12)4-3-5-9(13)14/h6-7H,3-5H2,1-2H3,(H,13,14). The van der Waals surface area contributed by atoms with Crippen LogP contribution in [-0.2, 0) is 11.2 Å². The molecule has 0 aliphatic rings. The quantitative estimate of drug-likeness (QED) is 0.771. The van der Waals surface area contributed by atoms with Crippen LogP contribution in [0.25, 0.3) is 0 Å². The van der Waals surface area contributed by atoms with E-state index in [0.717, 1.165) is 5.82 Å². The maximum Gasteiger partial charge on any atom is 0.303 e. The molecule has 0 aliphatic carbocycles. The van der Waals surface area contributed by atoms with Crippen LogP contribution in [0.1, 0.15) is 38.6 Å². The van der Waals surface area contributed by atoms with Crippen LogP contribution in [0.15, 0.2) is 6.33 Å². The fourth-order valence-corrected chi connectivity index (χ4v) is 1.28. The molecular weight excluding hydrogens is 182 g/mol. The molecular formula is C9H15N3O2. The molecule has 0 unspecified atom stereocenters. The third kappa shape index (κ3) is 2.83. The van der Waals surface area contributed by atoms with Gasteiger partial charge in [-0.05, 0) is 20.3 Å². The monoisotopic (exact) mass is 197 g/mol. The summed E-state index contributed by atoms with van der Waals surface area (Å²) >= 11 is 0. The number of aryl methyl sites for hydroxylation is 1. The van der Waals surface area contributed by atoms with E-state index < -0.39 is 5.97 Å². The van der Waals surface area contributed by atoms with Crippen LogP contribution in [0, 0.1) is 0 Å². The number of aliphatic carboxylic acids is 1. The number of aromatic nitrogens is 3. The van der Waals surface area contributed by atoms with E-state index in [0.29, 0.717) is 12.8 Å². The lowest BCUT2D eigenvalue weighted by atomic mass is 10.2. The highest BCUT2D eigenvalue weighted by Gasteiger charge is 2.07. The van der Waals surface area contributed by atoms with Gasteiger partial charge in [0.2, 0.25) is 0 Å². The third-order valence-electron chi connectivity index (χ3n) is 1.93. The average molecular weight is 197 g/mol. The first kappa shape index (κ1) is 10.7. The minimum Gasteiger partial charge on any atom is -0.481 e. The summed E-state index contributed by atoms with van der Waals surface area (Å²) in [4.78, 5) is 14.4. The van der Waals surface area contributed by atoms with Crippen molar-refractivity contribution >= 4 is 5.97 Å². The minimum absolute atomic E-state index is 0.185. The van der Waals surface area contributed by atoms with E-state index in [2.05, 4.69) is 10.1 Å².